The Morgan fingerprint density at radius 2 is 1.79 bits per heavy atom. The average molecular weight is 283 g/mol. The molecule has 5 heteroatoms. The molecule has 0 unspecified atom stereocenters. The molecular weight excluding hydrogens is 271 g/mol. The van der Waals surface area contributed by atoms with E-state index in [1.807, 2.05) is 31.2 Å². The van der Waals surface area contributed by atoms with Crippen molar-refractivity contribution < 1.29 is 13.2 Å². The molecule has 1 aromatic carbocycles. The number of rotatable bonds is 3. The van der Waals surface area contributed by atoms with Crippen LogP contribution >= 0.6 is 11.8 Å². The molecule has 0 bridgehead atoms. The van der Waals surface area contributed by atoms with Crippen LogP contribution in [0.1, 0.15) is 5.69 Å². The van der Waals surface area contributed by atoms with E-state index in [0.717, 1.165) is 28.6 Å². The molecular formula is C14H12F3NS. The number of aryl methyl sites for hydroxylation is 1. The smallest absolute Gasteiger partial charge is 0.261 e. The van der Waals surface area contributed by atoms with Crippen molar-refractivity contribution in [2.24, 2.45) is 0 Å². The molecule has 0 aliphatic heterocycles. The summed E-state index contributed by atoms with van der Waals surface area (Å²) in [7, 11) is 0. The van der Waals surface area contributed by atoms with Crippen LogP contribution in [0, 0.1) is 6.92 Å². The van der Waals surface area contributed by atoms with Crippen molar-refractivity contribution in [3.63, 3.8) is 0 Å². The first-order chi connectivity index (χ1) is 8.96. The third-order valence-electron chi connectivity index (χ3n) is 2.57. The highest BCUT2D eigenvalue weighted by Gasteiger charge is 2.27. The minimum atomic E-state index is -4.14. The normalized spacial score (nSPS) is 11.6. The van der Waals surface area contributed by atoms with Gasteiger partial charge in [-0.1, -0.05) is 18.2 Å². The minimum absolute atomic E-state index is 0.614. The van der Waals surface area contributed by atoms with Gasteiger partial charge in [0, 0.05) is 22.3 Å². The van der Waals surface area contributed by atoms with E-state index in [-0.39, 0.29) is 0 Å². The molecule has 0 fully saturated rings. The fourth-order valence-corrected chi connectivity index (χ4v) is 2.34. The Balaban J connectivity index is 2.13. The summed E-state index contributed by atoms with van der Waals surface area (Å²) in [6.45, 7) is 1.90. The summed E-state index contributed by atoms with van der Waals surface area (Å²) < 4.78 is 36.3. The van der Waals surface area contributed by atoms with E-state index in [9.17, 15) is 13.2 Å². The Morgan fingerprint density at radius 1 is 1.11 bits per heavy atom. The Hall–Kier alpha value is -1.49. The first kappa shape index (κ1) is 13.9. The molecule has 0 aliphatic rings. The molecule has 2 aromatic rings. The Kier molecular flexibility index (Phi) is 4.14. The van der Waals surface area contributed by atoms with Crippen LogP contribution in [0.25, 0.3) is 11.1 Å². The largest absolute Gasteiger partial charge is 0.398 e. The minimum Gasteiger partial charge on any atom is -0.261 e. The molecule has 0 aliphatic carbocycles. The summed E-state index contributed by atoms with van der Waals surface area (Å²) in [5.41, 5.74) is 2.86. The van der Waals surface area contributed by atoms with Crippen LogP contribution in [-0.2, 0) is 0 Å². The third-order valence-corrected chi connectivity index (χ3v) is 3.65. The van der Waals surface area contributed by atoms with Gasteiger partial charge in [-0.3, -0.25) is 4.98 Å². The van der Waals surface area contributed by atoms with Crippen LogP contribution in [-0.4, -0.2) is 16.9 Å². The molecule has 100 valence electrons. The maximum atomic E-state index is 12.1. The number of thioether (sulfide) groups is 1. The lowest BCUT2D eigenvalue weighted by molar-refractivity contribution is -0.105. The van der Waals surface area contributed by atoms with Gasteiger partial charge in [0.2, 0.25) is 0 Å². The highest BCUT2D eigenvalue weighted by atomic mass is 32.2. The van der Waals surface area contributed by atoms with Gasteiger partial charge < -0.3 is 0 Å². The molecule has 19 heavy (non-hydrogen) atoms. The predicted octanol–water partition coefficient (Wildman–Crippen LogP) is 4.71. The quantitative estimate of drug-likeness (QED) is 0.756. The molecule has 0 radical (unpaired) electrons. The first-order valence-corrected chi connectivity index (χ1v) is 6.66. The number of halogens is 3. The maximum absolute atomic E-state index is 12.1. The number of benzene rings is 1. The third kappa shape index (κ3) is 3.99. The summed E-state index contributed by atoms with van der Waals surface area (Å²) in [5.74, 6) is -0.863. The summed E-state index contributed by atoms with van der Waals surface area (Å²) in [5, 5.41) is 0. The molecule has 2 rings (SSSR count). The molecule has 0 saturated heterocycles. The molecule has 0 amide bonds. The fourth-order valence-electron chi connectivity index (χ4n) is 1.69. The van der Waals surface area contributed by atoms with E-state index in [0.29, 0.717) is 4.90 Å². The van der Waals surface area contributed by atoms with Gasteiger partial charge in [0.05, 0.1) is 5.75 Å². The van der Waals surface area contributed by atoms with Crippen molar-refractivity contribution in [3.8, 4) is 11.1 Å². The van der Waals surface area contributed by atoms with Crippen molar-refractivity contribution in [2.75, 3.05) is 5.75 Å². The van der Waals surface area contributed by atoms with Crippen molar-refractivity contribution >= 4 is 11.8 Å². The Labute approximate surface area is 113 Å². The van der Waals surface area contributed by atoms with E-state index in [1.165, 1.54) is 0 Å². The topological polar surface area (TPSA) is 12.9 Å². The number of hydrogen-bond acceptors (Lipinski definition) is 2. The second kappa shape index (κ2) is 5.65. The van der Waals surface area contributed by atoms with Gasteiger partial charge in [0.25, 0.3) is 0 Å². The van der Waals surface area contributed by atoms with Crippen molar-refractivity contribution in [1.82, 2.24) is 4.98 Å². The Bertz CT molecular complexity index is 549. The van der Waals surface area contributed by atoms with Gasteiger partial charge in [0.1, 0.15) is 0 Å². The summed E-state index contributed by atoms with van der Waals surface area (Å²) in [6.07, 6.45) is -2.42. The predicted molar refractivity (Wildman–Crippen MR) is 71.2 cm³/mol. The summed E-state index contributed by atoms with van der Waals surface area (Å²) in [6, 6.07) is 10.8. The zero-order chi connectivity index (χ0) is 13.9. The van der Waals surface area contributed by atoms with Crippen molar-refractivity contribution in [1.29, 1.82) is 0 Å². The highest BCUT2D eigenvalue weighted by Crippen LogP contribution is 2.29. The zero-order valence-corrected chi connectivity index (χ0v) is 11.1. The average Bonchev–Trinajstić information content (AvgIpc) is 2.37. The van der Waals surface area contributed by atoms with Crippen LogP contribution in [0.4, 0.5) is 13.2 Å². The highest BCUT2D eigenvalue weighted by molar-refractivity contribution is 7.99. The van der Waals surface area contributed by atoms with Crippen LogP contribution in [0.5, 0.6) is 0 Å². The van der Waals surface area contributed by atoms with Crippen molar-refractivity contribution in [2.45, 2.75) is 18.0 Å². The molecule has 0 spiro atoms. The first-order valence-electron chi connectivity index (χ1n) is 5.67. The van der Waals surface area contributed by atoms with Gasteiger partial charge in [-0.05, 0) is 30.7 Å². The molecule has 1 nitrogen and oxygen atoms in total. The lowest BCUT2D eigenvalue weighted by Gasteiger charge is -2.08. The van der Waals surface area contributed by atoms with Crippen LogP contribution in [0.15, 0.2) is 47.5 Å². The fraction of sp³-hybridized carbons (Fsp3) is 0.214. The number of aromatic nitrogens is 1. The van der Waals surface area contributed by atoms with Crippen LogP contribution in [0.3, 0.4) is 0 Å². The van der Waals surface area contributed by atoms with Crippen molar-refractivity contribution in [3.05, 3.63) is 48.3 Å². The monoisotopic (exact) mass is 283 g/mol. The second-order valence-corrected chi connectivity index (χ2v) is 5.11. The van der Waals surface area contributed by atoms with Crippen LogP contribution in [0.2, 0.25) is 0 Å². The van der Waals surface area contributed by atoms with Gasteiger partial charge in [0.15, 0.2) is 0 Å². The molecule has 0 atom stereocenters. The van der Waals surface area contributed by atoms with E-state index in [1.54, 1.807) is 18.3 Å². The Morgan fingerprint density at radius 3 is 2.37 bits per heavy atom. The van der Waals surface area contributed by atoms with Gasteiger partial charge >= 0.3 is 6.18 Å². The van der Waals surface area contributed by atoms with E-state index >= 15 is 0 Å². The van der Waals surface area contributed by atoms with Crippen LogP contribution < -0.4 is 0 Å². The lowest BCUT2D eigenvalue weighted by atomic mass is 10.1. The molecule has 1 heterocycles. The number of alkyl halides is 3. The number of hydrogen-bond donors (Lipinski definition) is 0. The van der Waals surface area contributed by atoms with Gasteiger partial charge in [-0.2, -0.15) is 13.2 Å². The molecule has 0 saturated carbocycles. The maximum Gasteiger partial charge on any atom is 0.398 e. The van der Waals surface area contributed by atoms with E-state index in [2.05, 4.69) is 4.98 Å². The van der Waals surface area contributed by atoms with Gasteiger partial charge in [-0.25, -0.2) is 0 Å². The molecule has 0 N–H and O–H groups in total. The number of pyridine rings is 1. The lowest BCUT2D eigenvalue weighted by Crippen LogP contribution is -2.10. The zero-order valence-electron chi connectivity index (χ0n) is 10.2. The standard InChI is InChI=1S/C14H12F3NS/c1-10-13(3-2-8-18-10)11-4-6-12(7-5-11)19-9-14(15,16)17/h2-8H,9H2,1H3. The second-order valence-electron chi connectivity index (χ2n) is 4.06. The van der Waals surface area contributed by atoms with E-state index in [4.69, 9.17) is 0 Å². The number of nitrogens with zero attached hydrogens (tertiary/aromatic N) is 1. The van der Waals surface area contributed by atoms with E-state index < -0.39 is 11.9 Å². The SMILES string of the molecule is Cc1ncccc1-c1ccc(SCC(F)(F)F)cc1. The summed E-state index contributed by atoms with van der Waals surface area (Å²) in [4.78, 5) is 4.81. The molecule has 1 aromatic heterocycles. The summed E-state index contributed by atoms with van der Waals surface area (Å²) >= 11 is 0.795. The van der Waals surface area contributed by atoms with Gasteiger partial charge in [-0.15, -0.1) is 11.8 Å².